The molecule has 37 heteroatoms. The van der Waals surface area contributed by atoms with Gasteiger partial charge in [-0.1, -0.05) is 89.1 Å². The van der Waals surface area contributed by atoms with Crippen molar-refractivity contribution in [3.8, 4) is 0 Å². The minimum absolute atomic E-state index is 0. The van der Waals surface area contributed by atoms with Gasteiger partial charge in [-0.05, 0) is 97.1 Å². The van der Waals surface area contributed by atoms with Gasteiger partial charge in [0.15, 0.2) is 0 Å². The summed E-state index contributed by atoms with van der Waals surface area (Å²) in [5.41, 5.74) is 0. The summed E-state index contributed by atoms with van der Waals surface area (Å²) in [6, 6.07) is 0.0356. The van der Waals surface area contributed by atoms with Gasteiger partial charge in [0, 0.05) is 219 Å². The SMILES string of the molecule is C.O=C(CCCC(=O)NCCN1CCNC1=O)NCCN1CCCC1=O.O=C(CCCCCCCCCCSSSSCC(=O)NCCN1CCNC1=O)NCCN1CCCC1=O.O=C1CCCN1CCSSSSCCN1CCNC1=O.O=C1NCCN1CCCCCN1CCNC1=O. The quantitative estimate of drug-likeness (QED) is 0.0240. The van der Waals surface area contributed by atoms with Crippen LogP contribution in [0.25, 0.3) is 0 Å². The zero-order valence-corrected chi connectivity index (χ0v) is 64.1. The summed E-state index contributed by atoms with van der Waals surface area (Å²) in [7, 11) is 13.9. The topological polar surface area (TPSA) is 339 Å². The molecule has 0 unspecified atom stereocenters. The van der Waals surface area contributed by atoms with Gasteiger partial charge in [-0.3, -0.25) is 33.6 Å². The van der Waals surface area contributed by atoms with Gasteiger partial charge in [0.05, 0.1) is 5.75 Å². The first kappa shape index (κ1) is 87.8. The number of likely N-dealkylation sites (tertiary alicyclic amines) is 3. The van der Waals surface area contributed by atoms with Gasteiger partial charge < -0.3 is 87.1 Å². The van der Waals surface area contributed by atoms with E-state index in [9.17, 15) is 57.5 Å². The number of carbonyl (C=O) groups is 12. The van der Waals surface area contributed by atoms with E-state index in [0.717, 1.165) is 160 Å². The fourth-order valence-corrected chi connectivity index (χ4v) is 23.1. The van der Waals surface area contributed by atoms with E-state index in [2.05, 4.69) is 47.9 Å². The summed E-state index contributed by atoms with van der Waals surface area (Å²) in [6.07, 6.45) is 19.0. The maximum Gasteiger partial charge on any atom is 0.317 e. The largest absolute Gasteiger partial charge is 0.354 e. The number of rotatable bonds is 47. The predicted molar refractivity (Wildman–Crippen MR) is 411 cm³/mol. The number of hydrogen-bond acceptors (Lipinski definition) is 20. The molecule has 0 radical (unpaired) electrons. The van der Waals surface area contributed by atoms with Crippen molar-refractivity contribution >= 4 is 154 Å². The number of hydrogen-bond donors (Lipinski definition) is 9. The first-order valence-corrected chi connectivity index (χ1v) is 45.7. The Bertz CT molecular complexity index is 2340. The van der Waals surface area contributed by atoms with Crippen LogP contribution in [0.2, 0.25) is 0 Å². The molecule has 0 saturated carbocycles. The van der Waals surface area contributed by atoms with Crippen LogP contribution in [0.4, 0.5) is 24.0 Å². The monoisotopic (exact) mass is 1560 g/mol. The molecule has 0 spiro atoms. The van der Waals surface area contributed by atoms with Crippen molar-refractivity contribution in [2.45, 2.75) is 142 Å². The van der Waals surface area contributed by atoms with Crippen LogP contribution in [-0.2, 0) is 33.6 Å². The van der Waals surface area contributed by atoms with Gasteiger partial charge in [0.2, 0.25) is 41.4 Å². The Kier molecular flexibility index (Phi) is 48.3. The average Bonchev–Trinajstić information content (AvgIpc) is 2.15. The minimum atomic E-state index is -0.116. The molecule has 8 aliphatic rings. The molecule has 0 aromatic carbocycles. The predicted octanol–water partition coefficient (Wildman–Crippen LogP) is 6.25. The summed E-state index contributed by atoms with van der Waals surface area (Å²) in [4.78, 5) is 152. The van der Waals surface area contributed by atoms with E-state index in [1.54, 1.807) is 86.4 Å². The molecule has 8 aliphatic heterocycles. The molecule has 570 valence electrons. The van der Waals surface area contributed by atoms with Crippen LogP contribution in [0, 0.1) is 0 Å². The minimum Gasteiger partial charge on any atom is -0.354 e. The summed E-state index contributed by atoms with van der Waals surface area (Å²) < 4.78 is 0. The van der Waals surface area contributed by atoms with Gasteiger partial charge >= 0.3 is 30.2 Å². The second-order valence-corrected chi connectivity index (χ2v) is 36.8. The summed E-state index contributed by atoms with van der Waals surface area (Å²) in [5, 5.41) is 25.1. The second-order valence-electron chi connectivity index (χ2n) is 24.4. The maximum absolute atomic E-state index is 11.9. The fraction of sp³-hybridized carbons (Fsp3) is 0.810. The Morgan fingerprint density at radius 3 is 0.960 bits per heavy atom. The van der Waals surface area contributed by atoms with Gasteiger partial charge in [0.1, 0.15) is 0 Å². The normalized spacial score (nSPS) is 17.1. The number of nitrogens with one attached hydrogen (secondary N) is 9. The van der Waals surface area contributed by atoms with Gasteiger partial charge in [-0.15, -0.1) is 0 Å². The lowest BCUT2D eigenvalue weighted by atomic mass is 10.1. The number of urea groups is 5. The highest BCUT2D eigenvalue weighted by molar-refractivity contribution is 9.26. The standard InChI is InChI=1S/C24H43N5O4S4.C16H27N5O4.C11H20N4O2.C11H19N3O2S4.CH4/c30-21(25-12-16-28-15-9-11-23(28)32)10-7-5-3-1-2-4-6-8-19-34-36-37-35-20-22(31)26-13-17-29-18-14-27-24(29)33;22-13(17-6-10-20-9-2-5-15(20)24)3-1-4-14(23)18-7-11-21-12-8-19-16(21)25;16-10-12-4-8-14(10)6-2-1-3-7-15-9-5-13-11(15)17;15-10-2-1-4-13(10)6-8-17-19-20-18-9-7-14-5-3-12-11(14)16;/h1-20H2,(H,25,30)(H,26,31)(H,27,33);1-12H2,(H,17,22)(H,18,23)(H,19,25);1-9H2,(H,12,16)(H,13,17);1-9H2,(H,12,16);1H4. The first-order chi connectivity index (χ1) is 48.2. The van der Waals surface area contributed by atoms with Crippen LogP contribution in [0.15, 0.2) is 0 Å². The average molecular weight is 1560 g/mol. The molecule has 0 aliphatic carbocycles. The molecule has 9 N–H and O–H groups in total. The molecule has 8 rings (SSSR count). The highest BCUT2D eigenvalue weighted by atomic mass is 33.7. The van der Waals surface area contributed by atoms with E-state index in [1.807, 2.05) is 35.3 Å². The van der Waals surface area contributed by atoms with E-state index in [-0.39, 0.29) is 85.9 Å². The Balaban J connectivity index is 0.000000294. The van der Waals surface area contributed by atoms with Gasteiger partial charge in [-0.25, -0.2) is 24.0 Å². The Hall–Kier alpha value is -4.56. The van der Waals surface area contributed by atoms with E-state index in [0.29, 0.717) is 116 Å². The second kappa shape index (κ2) is 55.0. The summed E-state index contributed by atoms with van der Waals surface area (Å²) in [6.45, 7) is 17.6. The molecule has 0 bridgehead atoms. The van der Waals surface area contributed by atoms with Crippen molar-refractivity contribution in [2.75, 3.05) is 187 Å². The Morgan fingerprint density at radius 1 is 0.300 bits per heavy atom. The van der Waals surface area contributed by atoms with Crippen molar-refractivity contribution in [3.05, 3.63) is 0 Å². The number of carbonyl (C=O) groups excluding carboxylic acids is 12. The van der Waals surface area contributed by atoms with Crippen molar-refractivity contribution in [1.82, 2.24) is 87.1 Å². The molecular weight excluding hydrogens is 1440 g/mol. The van der Waals surface area contributed by atoms with Crippen LogP contribution in [0.3, 0.4) is 0 Å². The van der Waals surface area contributed by atoms with E-state index < -0.39 is 0 Å². The molecule has 0 aromatic rings. The lowest BCUT2D eigenvalue weighted by Crippen LogP contribution is -2.37. The molecule has 100 heavy (non-hydrogen) atoms. The number of unbranched alkanes of at least 4 members (excludes halogenated alkanes) is 9. The molecule has 29 nitrogen and oxygen atoms in total. The molecule has 0 atom stereocenters. The molecule has 17 amide bonds. The van der Waals surface area contributed by atoms with Crippen molar-refractivity contribution in [3.63, 3.8) is 0 Å². The van der Waals surface area contributed by atoms with Crippen molar-refractivity contribution < 1.29 is 57.5 Å². The molecule has 8 saturated heterocycles. The van der Waals surface area contributed by atoms with Crippen LogP contribution in [-0.4, -0.2) is 297 Å². The highest BCUT2D eigenvalue weighted by Crippen LogP contribution is 2.44. The van der Waals surface area contributed by atoms with E-state index >= 15 is 0 Å². The van der Waals surface area contributed by atoms with Crippen LogP contribution >= 0.6 is 82.5 Å². The fourth-order valence-electron chi connectivity index (χ4n) is 11.3. The number of amides is 17. The third-order valence-electron chi connectivity index (χ3n) is 16.9. The zero-order chi connectivity index (χ0) is 70.9. The molecule has 8 fully saturated rings. The lowest BCUT2D eigenvalue weighted by molar-refractivity contribution is -0.128. The van der Waals surface area contributed by atoms with Crippen LogP contribution in [0.5, 0.6) is 0 Å². The van der Waals surface area contributed by atoms with Gasteiger partial charge in [-0.2, -0.15) is 0 Å². The zero-order valence-electron chi connectivity index (χ0n) is 57.6. The first-order valence-electron chi connectivity index (χ1n) is 35.4. The van der Waals surface area contributed by atoms with E-state index in [1.165, 1.54) is 38.5 Å². The van der Waals surface area contributed by atoms with E-state index in [4.69, 9.17) is 0 Å². The Morgan fingerprint density at radius 2 is 0.590 bits per heavy atom. The smallest absolute Gasteiger partial charge is 0.317 e. The maximum atomic E-state index is 11.9. The molecule has 0 aromatic heterocycles. The van der Waals surface area contributed by atoms with Gasteiger partial charge in [0.25, 0.3) is 0 Å². The summed E-state index contributed by atoms with van der Waals surface area (Å²) >= 11 is 0. The van der Waals surface area contributed by atoms with Crippen LogP contribution in [0.1, 0.15) is 142 Å². The summed E-state index contributed by atoms with van der Waals surface area (Å²) in [5.74, 6) is 4.06. The third-order valence-corrected chi connectivity index (χ3v) is 29.8. The lowest BCUT2D eigenvalue weighted by Gasteiger charge is -2.15. The van der Waals surface area contributed by atoms with Crippen LogP contribution < -0.4 is 47.9 Å². The van der Waals surface area contributed by atoms with Crippen molar-refractivity contribution in [1.29, 1.82) is 0 Å². The molecular formula is C63H113N17O12S8. The number of nitrogens with zero attached hydrogens (tertiary/aromatic N) is 8. The highest BCUT2D eigenvalue weighted by Gasteiger charge is 2.25. The third kappa shape index (κ3) is 39.4. The molecule has 8 heterocycles. The Labute approximate surface area is 623 Å². The van der Waals surface area contributed by atoms with Crippen molar-refractivity contribution in [2.24, 2.45) is 0 Å².